The molecule has 2 heterocycles. The summed E-state index contributed by atoms with van der Waals surface area (Å²) in [6.07, 6.45) is 8.81. The Labute approximate surface area is 216 Å². The maximum atomic E-state index is 12.6. The smallest absolute Gasteiger partial charge is 0.267 e. The van der Waals surface area contributed by atoms with E-state index >= 15 is 0 Å². The number of rotatable bonds is 10. The van der Waals surface area contributed by atoms with Crippen LogP contribution in [0.3, 0.4) is 0 Å². The summed E-state index contributed by atoms with van der Waals surface area (Å²) in [6.45, 7) is 7.25. The largest absolute Gasteiger partial charge is 0.457 e. The lowest BCUT2D eigenvalue weighted by Crippen LogP contribution is -2.33. The molecule has 1 aromatic heterocycles. The average molecular weight is 496 g/mol. The predicted octanol–water partition coefficient (Wildman–Crippen LogP) is 4.32. The number of carbonyl (C=O) groups excluding carboxylic acids is 2. The second kappa shape index (κ2) is 11.3. The van der Waals surface area contributed by atoms with Crippen molar-refractivity contribution in [2.45, 2.75) is 19.5 Å². The van der Waals surface area contributed by atoms with Crippen LogP contribution in [0.25, 0.3) is 0 Å². The summed E-state index contributed by atoms with van der Waals surface area (Å²) < 4.78 is 5.86. The van der Waals surface area contributed by atoms with Gasteiger partial charge in [0.05, 0.1) is 19.1 Å². The first-order chi connectivity index (χ1) is 17.8. The molecule has 2 atom stereocenters. The number of nitrogens with two attached hydrogens (primary N) is 1. The molecule has 0 saturated heterocycles. The minimum atomic E-state index is -0.690. The van der Waals surface area contributed by atoms with Crippen molar-refractivity contribution in [3.8, 4) is 11.5 Å². The van der Waals surface area contributed by atoms with E-state index in [1.165, 1.54) is 18.3 Å². The molecule has 0 aliphatic carbocycles. The monoisotopic (exact) mass is 495 g/mol. The standard InChI is InChI=1S/C29H29N5O3/c1-3-23(33-28(36)22-14-16-31-26(17-22)27(30)35)13-15-29(2)19-32-34(20-29)18-21-9-11-25(12-10-21)37-24-7-5-4-6-8-24/h3-17,19,23H,1,18,20H2,2H3,(H2,30,35)(H,33,36)/b15-13+/t23-,29?/m0/s1. The molecule has 1 unspecified atom stereocenters. The fraction of sp³-hybridized carbons (Fsp3) is 0.172. The molecule has 4 rings (SSSR count). The number of aromatic nitrogens is 1. The van der Waals surface area contributed by atoms with Gasteiger partial charge in [0.1, 0.15) is 17.2 Å². The molecule has 0 saturated carbocycles. The predicted molar refractivity (Wildman–Crippen MR) is 143 cm³/mol. The number of hydrogen-bond acceptors (Lipinski definition) is 6. The third-order valence-electron chi connectivity index (χ3n) is 5.82. The van der Waals surface area contributed by atoms with Crippen LogP contribution in [0.5, 0.6) is 11.5 Å². The van der Waals surface area contributed by atoms with Crippen molar-refractivity contribution in [3.05, 3.63) is 115 Å². The van der Waals surface area contributed by atoms with Gasteiger partial charge in [-0.1, -0.05) is 48.6 Å². The van der Waals surface area contributed by atoms with Crippen molar-refractivity contribution in [2.24, 2.45) is 16.3 Å². The highest BCUT2D eigenvalue weighted by Crippen LogP contribution is 2.26. The number of primary amides is 1. The minimum absolute atomic E-state index is 0.0338. The van der Waals surface area contributed by atoms with Crippen LogP contribution < -0.4 is 15.8 Å². The SMILES string of the molecule is C=C[C@@H](/C=C/C1(C)C=NN(Cc2ccc(Oc3ccccc3)cc2)C1)NC(=O)c1ccnc(C(N)=O)c1. The lowest BCUT2D eigenvalue weighted by atomic mass is 9.91. The fourth-order valence-corrected chi connectivity index (χ4v) is 3.83. The van der Waals surface area contributed by atoms with Gasteiger partial charge in [-0.25, -0.2) is 0 Å². The highest BCUT2D eigenvalue weighted by atomic mass is 16.5. The summed E-state index contributed by atoms with van der Waals surface area (Å²) in [5, 5.41) is 9.45. The zero-order chi connectivity index (χ0) is 26.3. The number of carbonyl (C=O) groups is 2. The van der Waals surface area contributed by atoms with Crippen LogP contribution in [-0.4, -0.2) is 40.6 Å². The van der Waals surface area contributed by atoms with Crippen LogP contribution in [0.15, 0.2) is 103 Å². The first-order valence-electron chi connectivity index (χ1n) is 11.8. The summed E-state index contributed by atoms with van der Waals surface area (Å²) in [4.78, 5) is 27.8. The molecule has 8 nitrogen and oxygen atoms in total. The molecule has 3 N–H and O–H groups in total. The highest BCUT2D eigenvalue weighted by Gasteiger charge is 2.28. The second-order valence-electron chi connectivity index (χ2n) is 9.02. The lowest BCUT2D eigenvalue weighted by molar-refractivity contribution is 0.0950. The van der Waals surface area contributed by atoms with Crippen molar-refractivity contribution in [3.63, 3.8) is 0 Å². The van der Waals surface area contributed by atoms with Gasteiger partial charge in [-0.2, -0.15) is 5.10 Å². The van der Waals surface area contributed by atoms with E-state index in [0.29, 0.717) is 18.7 Å². The van der Waals surface area contributed by atoms with E-state index in [0.717, 1.165) is 17.1 Å². The molecule has 0 spiro atoms. The summed E-state index contributed by atoms with van der Waals surface area (Å²) in [7, 11) is 0. The van der Waals surface area contributed by atoms with Crippen LogP contribution in [-0.2, 0) is 6.54 Å². The third-order valence-corrected chi connectivity index (χ3v) is 5.82. The Hall–Kier alpha value is -4.72. The van der Waals surface area contributed by atoms with Gasteiger partial charge in [-0.3, -0.25) is 19.6 Å². The van der Waals surface area contributed by atoms with Crippen LogP contribution in [0.2, 0.25) is 0 Å². The molecule has 1 aliphatic heterocycles. The topological polar surface area (TPSA) is 110 Å². The molecule has 3 aromatic rings. The molecule has 188 valence electrons. The number of ether oxygens (including phenoxy) is 1. The summed E-state index contributed by atoms with van der Waals surface area (Å²) in [6, 6.07) is 20.1. The zero-order valence-corrected chi connectivity index (χ0v) is 20.6. The normalized spacial score (nSPS) is 17.5. The molecule has 2 aromatic carbocycles. The first kappa shape index (κ1) is 25.4. The fourth-order valence-electron chi connectivity index (χ4n) is 3.83. The third kappa shape index (κ3) is 6.91. The molecule has 0 fully saturated rings. The number of benzene rings is 2. The van der Waals surface area contributed by atoms with Crippen molar-refractivity contribution >= 4 is 18.0 Å². The van der Waals surface area contributed by atoms with Crippen molar-refractivity contribution in [2.75, 3.05) is 6.54 Å². The van der Waals surface area contributed by atoms with E-state index in [-0.39, 0.29) is 17.0 Å². The van der Waals surface area contributed by atoms with Crippen LogP contribution in [0.1, 0.15) is 33.3 Å². The van der Waals surface area contributed by atoms with Crippen LogP contribution >= 0.6 is 0 Å². The Balaban J connectivity index is 1.31. The van der Waals surface area contributed by atoms with Gasteiger partial charge in [0, 0.05) is 23.4 Å². The van der Waals surface area contributed by atoms with E-state index in [1.807, 2.05) is 78.0 Å². The maximum Gasteiger partial charge on any atom is 0.267 e. The molecule has 2 amide bonds. The lowest BCUT2D eigenvalue weighted by Gasteiger charge is -2.21. The summed E-state index contributed by atoms with van der Waals surface area (Å²) in [5.41, 5.74) is 6.40. The van der Waals surface area contributed by atoms with Crippen LogP contribution in [0.4, 0.5) is 0 Å². The number of hydrazone groups is 1. The van der Waals surface area contributed by atoms with Crippen molar-refractivity contribution < 1.29 is 14.3 Å². The average Bonchev–Trinajstić information content (AvgIpc) is 3.28. The van der Waals surface area contributed by atoms with E-state index in [1.54, 1.807) is 6.08 Å². The summed E-state index contributed by atoms with van der Waals surface area (Å²) >= 11 is 0. The Bertz CT molecular complexity index is 1320. The zero-order valence-electron chi connectivity index (χ0n) is 20.6. The number of hydrogen-bond donors (Lipinski definition) is 2. The Morgan fingerprint density at radius 2 is 1.89 bits per heavy atom. The van der Waals surface area contributed by atoms with Gasteiger partial charge < -0.3 is 15.8 Å². The van der Waals surface area contributed by atoms with Gasteiger partial charge in [0.25, 0.3) is 11.8 Å². The van der Waals surface area contributed by atoms with Crippen molar-refractivity contribution in [1.82, 2.24) is 15.3 Å². The number of pyridine rings is 1. The van der Waals surface area contributed by atoms with E-state index < -0.39 is 11.9 Å². The first-order valence-corrected chi connectivity index (χ1v) is 11.8. The number of para-hydroxylation sites is 1. The van der Waals surface area contributed by atoms with Gasteiger partial charge in [-0.05, 0) is 48.9 Å². The molecule has 0 bridgehead atoms. The van der Waals surface area contributed by atoms with Gasteiger partial charge in [0.2, 0.25) is 0 Å². The molecule has 1 aliphatic rings. The quantitative estimate of drug-likeness (QED) is 0.407. The van der Waals surface area contributed by atoms with Gasteiger partial charge in [-0.15, -0.1) is 6.58 Å². The van der Waals surface area contributed by atoms with Crippen LogP contribution in [0, 0.1) is 5.41 Å². The minimum Gasteiger partial charge on any atom is -0.457 e. The Kier molecular flexibility index (Phi) is 7.78. The molecule has 8 heteroatoms. The maximum absolute atomic E-state index is 12.6. The second-order valence-corrected chi connectivity index (χ2v) is 9.02. The van der Waals surface area contributed by atoms with E-state index in [4.69, 9.17) is 10.5 Å². The number of nitrogens with one attached hydrogen (secondary N) is 1. The number of amides is 2. The Morgan fingerprint density at radius 3 is 2.59 bits per heavy atom. The highest BCUT2D eigenvalue weighted by molar-refractivity contribution is 5.98. The van der Waals surface area contributed by atoms with Gasteiger partial charge >= 0.3 is 0 Å². The van der Waals surface area contributed by atoms with Crippen molar-refractivity contribution in [1.29, 1.82) is 0 Å². The van der Waals surface area contributed by atoms with E-state index in [9.17, 15) is 9.59 Å². The number of nitrogens with zero attached hydrogens (tertiary/aromatic N) is 3. The summed E-state index contributed by atoms with van der Waals surface area (Å²) in [5.74, 6) is 0.533. The molecular formula is C29H29N5O3. The van der Waals surface area contributed by atoms with Gasteiger partial charge in [0.15, 0.2) is 0 Å². The molecule has 37 heavy (non-hydrogen) atoms. The Morgan fingerprint density at radius 1 is 1.16 bits per heavy atom. The molecule has 0 radical (unpaired) electrons. The van der Waals surface area contributed by atoms with E-state index in [2.05, 4.69) is 28.9 Å². The molecular weight excluding hydrogens is 466 g/mol.